The number of nitrogens with one attached hydrogen (secondary N) is 1. The van der Waals surface area contributed by atoms with Crippen LogP contribution in [0.25, 0.3) is 0 Å². The molecule has 0 atom stereocenters. The molecule has 17 heavy (non-hydrogen) atoms. The van der Waals surface area contributed by atoms with Gasteiger partial charge in [-0.25, -0.2) is 4.79 Å². The van der Waals surface area contributed by atoms with Gasteiger partial charge in [0.25, 0.3) is 0 Å². The van der Waals surface area contributed by atoms with Crippen LogP contribution in [0.3, 0.4) is 0 Å². The first-order valence-corrected chi connectivity index (χ1v) is 6.41. The largest absolute Gasteiger partial charge is 0.335 e. The Kier molecular flexibility index (Phi) is 4.08. The number of nitrogens with zero attached hydrogens (tertiary/aromatic N) is 3. The van der Waals surface area contributed by atoms with Crippen molar-refractivity contribution in [2.75, 3.05) is 11.9 Å². The van der Waals surface area contributed by atoms with E-state index in [1.807, 2.05) is 13.8 Å². The lowest BCUT2D eigenvalue weighted by Crippen LogP contribution is -2.40. The molecule has 0 fully saturated rings. The van der Waals surface area contributed by atoms with Gasteiger partial charge >= 0.3 is 6.03 Å². The molecule has 0 aliphatic heterocycles. The number of carbonyl (C=O) groups is 1. The number of hydrogen-bond acceptors (Lipinski definition) is 4. The van der Waals surface area contributed by atoms with Crippen LogP contribution in [-0.2, 0) is 5.41 Å². The predicted molar refractivity (Wildman–Crippen MR) is 70.7 cm³/mol. The molecule has 0 saturated heterocycles. The van der Waals surface area contributed by atoms with E-state index in [1.54, 1.807) is 7.05 Å². The van der Waals surface area contributed by atoms with Gasteiger partial charge < -0.3 is 5.32 Å². The standard InChI is InChI=1S/C11H20N4OS/c1-7(2)12-9(16)15(6)10-14-13-8(17-10)11(3,4)5/h7H,1-6H3,(H,12,16). The number of carbonyl (C=O) groups excluding carboxylic acids is 1. The molecule has 0 saturated carbocycles. The van der Waals surface area contributed by atoms with Crippen molar-refractivity contribution in [3.8, 4) is 0 Å². The van der Waals surface area contributed by atoms with Gasteiger partial charge in [-0.05, 0) is 13.8 Å². The predicted octanol–water partition coefficient (Wildman–Crippen LogP) is 2.39. The minimum atomic E-state index is -0.156. The maximum Gasteiger partial charge on any atom is 0.323 e. The molecule has 0 radical (unpaired) electrons. The van der Waals surface area contributed by atoms with Gasteiger partial charge in [-0.1, -0.05) is 32.1 Å². The fourth-order valence-electron chi connectivity index (χ4n) is 1.08. The summed E-state index contributed by atoms with van der Waals surface area (Å²) in [5.41, 5.74) is -0.0364. The van der Waals surface area contributed by atoms with Crippen molar-refractivity contribution in [2.24, 2.45) is 0 Å². The van der Waals surface area contributed by atoms with E-state index >= 15 is 0 Å². The maximum atomic E-state index is 11.8. The topological polar surface area (TPSA) is 58.1 Å². The molecule has 5 nitrogen and oxygen atoms in total. The quantitative estimate of drug-likeness (QED) is 0.884. The molecular weight excluding hydrogens is 236 g/mol. The lowest BCUT2D eigenvalue weighted by molar-refractivity contribution is 0.245. The molecule has 0 unspecified atom stereocenters. The van der Waals surface area contributed by atoms with E-state index in [0.29, 0.717) is 5.13 Å². The Bertz CT molecular complexity index is 394. The average Bonchev–Trinajstić information content (AvgIpc) is 2.63. The summed E-state index contributed by atoms with van der Waals surface area (Å²) in [5.74, 6) is 0. The number of urea groups is 1. The smallest absolute Gasteiger partial charge is 0.323 e. The number of anilines is 1. The summed E-state index contributed by atoms with van der Waals surface area (Å²) >= 11 is 1.45. The molecular formula is C11H20N4OS. The van der Waals surface area contributed by atoms with E-state index in [-0.39, 0.29) is 17.5 Å². The van der Waals surface area contributed by atoms with Crippen LogP contribution in [-0.4, -0.2) is 29.3 Å². The van der Waals surface area contributed by atoms with Gasteiger partial charge in [-0.15, -0.1) is 10.2 Å². The van der Waals surface area contributed by atoms with Crippen molar-refractivity contribution in [2.45, 2.75) is 46.1 Å². The van der Waals surface area contributed by atoms with E-state index in [0.717, 1.165) is 5.01 Å². The molecule has 0 aromatic carbocycles. The summed E-state index contributed by atoms with van der Waals surface area (Å²) in [4.78, 5) is 13.3. The van der Waals surface area contributed by atoms with Gasteiger partial charge in [0.15, 0.2) is 0 Å². The maximum absolute atomic E-state index is 11.8. The minimum Gasteiger partial charge on any atom is -0.335 e. The second-order valence-corrected chi connectivity index (χ2v) is 6.26. The van der Waals surface area contributed by atoms with Crippen molar-refractivity contribution < 1.29 is 4.79 Å². The molecule has 96 valence electrons. The minimum absolute atomic E-state index is 0.0364. The number of rotatable bonds is 2. The highest BCUT2D eigenvalue weighted by Gasteiger charge is 2.22. The van der Waals surface area contributed by atoms with Gasteiger partial charge in [0.05, 0.1) is 0 Å². The molecule has 1 rings (SSSR count). The van der Waals surface area contributed by atoms with Gasteiger partial charge in [0.2, 0.25) is 5.13 Å². The van der Waals surface area contributed by atoms with Crippen molar-refractivity contribution in [3.05, 3.63) is 5.01 Å². The molecule has 1 aromatic heterocycles. The lowest BCUT2D eigenvalue weighted by atomic mass is 9.98. The Labute approximate surface area is 106 Å². The molecule has 2 amide bonds. The third kappa shape index (κ3) is 3.66. The first kappa shape index (κ1) is 13.9. The van der Waals surface area contributed by atoms with Gasteiger partial charge in [-0.3, -0.25) is 4.90 Å². The van der Waals surface area contributed by atoms with E-state index < -0.39 is 0 Å². The number of aromatic nitrogens is 2. The van der Waals surface area contributed by atoms with Crippen molar-refractivity contribution >= 4 is 22.5 Å². The SMILES string of the molecule is CC(C)NC(=O)N(C)c1nnc(C(C)(C)C)s1. The second-order valence-electron chi connectivity index (χ2n) is 5.30. The van der Waals surface area contributed by atoms with E-state index in [2.05, 4.69) is 36.3 Å². The molecule has 1 heterocycles. The zero-order valence-electron chi connectivity index (χ0n) is 11.2. The molecule has 6 heteroatoms. The first-order chi connectivity index (χ1) is 7.71. The van der Waals surface area contributed by atoms with Crippen LogP contribution in [0.15, 0.2) is 0 Å². The van der Waals surface area contributed by atoms with E-state index in [9.17, 15) is 4.79 Å². The Hall–Kier alpha value is -1.17. The Balaban J connectivity index is 2.80. The van der Waals surface area contributed by atoms with E-state index in [1.165, 1.54) is 16.2 Å². The number of hydrogen-bond donors (Lipinski definition) is 1. The molecule has 1 N–H and O–H groups in total. The highest BCUT2D eigenvalue weighted by atomic mass is 32.1. The molecule has 0 aliphatic rings. The molecule has 0 aliphatic carbocycles. The third-order valence-electron chi connectivity index (χ3n) is 2.06. The van der Waals surface area contributed by atoms with Crippen LogP contribution < -0.4 is 10.2 Å². The number of amides is 2. The van der Waals surface area contributed by atoms with Crippen LogP contribution >= 0.6 is 11.3 Å². The Morgan fingerprint density at radius 2 is 1.94 bits per heavy atom. The average molecular weight is 256 g/mol. The second kappa shape index (κ2) is 5.00. The fraction of sp³-hybridized carbons (Fsp3) is 0.727. The normalized spacial score (nSPS) is 11.7. The summed E-state index contributed by atoms with van der Waals surface area (Å²) in [6.07, 6.45) is 0. The van der Waals surface area contributed by atoms with Gasteiger partial charge in [0.1, 0.15) is 5.01 Å². The van der Waals surface area contributed by atoms with E-state index in [4.69, 9.17) is 0 Å². The van der Waals surface area contributed by atoms with Gasteiger partial charge in [-0.2, -0.15) is 0 Å². The lowest BCUT2D eigenvalue weighted by Gasteiger charge is -2.16. The van der Waals surface area contributed by atoms with Crippen LogP contribution in [0, 0.1) is 0 Å². The molecule has 1 aromatic rings. The molecule has 0 bridgehead atoms. The van der Waals surface area contributed by atoms with Crippen molar-refractivity contribution in [1.82, 2.24) is 15.5 Å². The highest BCUT2D eigenvalue weighted by molar-refractivity contribution is 7.15. The Morgan fingerprint density at radius 3 is 2.35 bits per heavy atom. The zero-order valence-corrected chi connectivity index (χ0v) is 12.1. The van der Waals surface area contributed by atoms with Crippen molar-refractivity contribution in [3.63, 3.8) is 0 Å². The monoisotopic (exact) mass is 256 g/mol. The summed E-state index contributed by atoms with van der Waals surface area (Å²) in [7, 11) is 1.70. The van der Waals surface area contributed by atoms with Crippen LogP contribution in [0.4, 0.5) is 9.93 Å². The summed E-state index contributed by atoms with van der Waals surface area (Å²) in [6, 6.07) is -0.0448. The summed E-state index contributed by atoms with van der Waals surface area (Å²) in [5, 5.41) is 12.5. The zero-order chi connectivity index (χ0) is 13.2. The third-order valence-corrected chi connectivity index (χ3v) is 3.49. The molecule has 0 spiro atoms. The summed E-state index contributed by atoms with van der Waals surface area (Å²) < 4.78 is 0. The van der Waals surface area contributed by atoms with Crippen molar-refractivity contribution in [1.29, 1.82) is 0 Å². The van der Waals surface area contributed by atoms with Crippen LogP contribution in [0.5, 0.6) is 0 Å². The van der Waals surface area contributed by atoms with Gasteiger partial charge in [0, 0.05) is 18.5 Å². The van der Waals surface area contributed by atoms with Crippen LogP contribution in [0.1, 0.15) is 39.6 Å². The fourth-order valence-corrected chi connectivity index (χ4v) is 1.95. The summed E-state index contributed by atoms with van der Waals surface area (Å²) in [6.45, 7) is 10.1. The Morgan fingerprint density at radius 1 is 1.35 bits per heavy atom. The first-order valence-electron chi connectivity index (χ1n) is 5.60. The highest BCUT2D eigenvalue weighted by Crippen LogP contribution is 2.29. The van der Waals surface area contributed by atoms with Crippen LogP contribution in [0.2, 0.25) is 0 Å².